The van der Waals surface area contributed by atoms with Gasteiger partial charge < -0.3 is 0 Å². The minimum absolute atomic E-state index is 0.476. The molecule has 1 aromatic heterocycles. The minimum Gasteiger partial charge on any atom is -0.196 e. The van der Waals surface area contributed by atoms with Gasteiger partial charge in [-0.15, -0.1) is 0 Å². The maximum atomic E-state index is 2.34. The summed E-state index contributed by atoms with van der Waals surface area (Å²) in [5.41, 5.74) is 1.33. The highest BCUT2D eigenvalue weighted by Gasteiger charge is 2.14. The largest absolute Gasteiger partial charge is 0.220 e. The van der Waals surface area contributed by atoms with Crippen LogP contribution in [-0.2, 0) is 0 Å². The summed E-state index contributed by atoms with van der Waals surface area (Å²) >= 11 is 0. The van der Waals surface area contributed by atoms with E-state index in [4.69, 9.17) is 0 Å². The van der Waals surface area contributed by atoms with E-state index in [9.17, 15) is 0 Å². The number of pyridine rings is 1. The summed E-state index contributed by atoms with van der Waals surface area (Å²) < 4.78 is 2.34. The van der Waals surface area contributed by atoms with Crippen molar-refractivity contribution in [2.45, 2.75) is 19.9 Å². The van der Waals surface area contributed by atoms with Crippen molar-refractivity contribution >= 4 is 21.7 Å². The number of nitrogens with zero attached hydrogens (tertiary/aromatic N) is 1. The lowest BCUT2D eigenvalue weighted by molar-refractivity contribution is -0.690. The Morgan fingerprint density at radius 1 is 0.824 bits per heavy atom. The molecule has 0 radical (unpaired) electrons. The normalized spacial score (nSPS) is 11.5. The van der Waals surface area contributed by atoms with Crippen LogP contribution in [-0.4, -0.2) is 0 Å². The van der Waals surface area contributed by atoms with Crippen LogP contribution in [0.25, 0.3) is 21.7 Å². The van der Waals surface area contributed by atoms with Crippen molar-refractivity contribution in [1.29, 1.82) is 0 Å². The van der Waals surface area contributed by atoms with Crippen LogP contribution in [0.4, 0.5) is 0 Å². The van der Waals surface area contributed by atoms with Crippen molar-refractivity contribution in [1.82, 2.24) is 0 Å². The molecule has 0 saturated heterocycles. The third-order valence-corrected chi connectivity index (χ3v) is 3.27. The van der Waals surface area contributed by atoms with Crippen molar-refractivity contribution in [3.05, 3.63) is 54.7 Å². The number of aromatic nitrogens is 1. The highest BCUT2D eigenvalue weighted by molar-refractivity contribution is 6.03. The fourth-order valence-electron chi connectivity index (χ4n) is 2.44. The second-order valence-electron chi connectivity index (χ2n) is 4.73. The number of hydrogen-bond donors (Lipinski definition) is 0. The Morgan fingerprint density at radius 2 is 1.53 bits per heavy atom. The van der Waals surface area contributed by atoms with Crippen LogP contribution in [0.15, 0.2) is 54.7 Å². The van der Waals surface area contributed by atoms with Gasteiger partial charge in [-0.1, -0.05) is 24.3 Å². The summed E-state index contributed by atoms with van der Waals surface area (Å²) in [6.07, 6.45) is 2.17. The third-order valence-electron chi connectivity index (χ3n) is 3.27. The highest BCUT2D eigenvalue weighted by atomic mass is 15.0. The standard InChI is InChI=1S/C16H16N/c1-12(2)17-11-5-7-14-10-9-13-6-3-4-8-15(13)16(14)17/h3-12H,1-2H3/q+1. The van der Waals surface area contributed by atoms with E-state index in [1.807, 2.05) is 0 Å². The summed E-state index contributed by atoms with van der Waals surface area (Å²) in [4.78, 5) is 0. The van der Waals surface area contributed by atoms with Crippen molar-refractivity contribution in [2.75, 3.05) is 0 Å². The van der Waals surface area contributed by atoms with E-state index in [0.29, 0.717) is 6.04 Å². The van der Waals surface area contributed by atoms with Gasteiger partial charge in [-0.3, -0.25) is 0 Å². The molecule has 3 rings (SSSR count). The molecule has 0 atom stereocenters. The van der Waals surface area contributed by atoms with Gasteiger partial charge in [-0.2, -0.15) is 4.57 Å². The van der Waals surface area contributed by atoms with Gasteiger partial charge in [0, 0.05) is 11.5 Å². The van der Waals surface area contributed by atoms with E-state index in [-0.39, 0.29) is 0 Å². The van der Waals surface area contributed by atoms with Crippen molar-refractivity contribution in [3.63, 3.8) is 0 Å². The Kier molecular flexibility index (Phi) is 2.32. The van der Waals surface area contributed by atoms with Crippen LogP contribution >= 0.6 is 0 Å². The zero-order valence-electron chi connectivity index (χ0n) is 10.2. The molecular weight excluding hydrogens is 206 g/mol. The number of fused-ring (bicyclic) bond motifs is 3. The van der Waals surface area contributed by atoms with E-state index in [0.717, 1.165) is 0 Å². The molecule has 0 N–H and O–H groups in total. The van der Waals surface area contributed by atoms with Gasteiger partial charge in [0.2, 0.25) is 5.52 Å². The molecule has 17 heavy (non-hydrogen) atoms. The van der Waals surface area contributed by atoms with Crippen LogP contribution in [0, 0.1) is 0 Å². The van der Waals surface area contributed by atoms with Crippen LogP contribution < -0.4 is 4.57 Å². The van der Waals surface area contributed by atoms with Crippen molar-refractivity contribution in [3.8, 4) is 0 Å². The van der Waals surface area contributed by atoms with Gasteiger partial charge >= 0.3 is 0 Å². The van der Waals surface area contributed by atoms with E-state index in [1.165, 1.54) is 21.7 Å². The number of benzene rings is 2. The lowest BCUT2D eigenvalue weighted by Gasteiger charge is -2.06. The van der Waals surface area contributed by atoms with Gasteiger partial charge in [-0.25, -0.2) is 0 Å². The first-order valence-corrected chi connectivity index (χ1v) is 6.09. The summed E-state index contributed by atoms with van der Waals surface area (Å²) in [6, 6.07) is 17.8. The molecule has 1 nitrogen and oxygen atoms in total. The summed E-state index contributed by atoms with van der Waals surface area (Å²) in [7, 11) is 0. The van der Waals surface area contributed by atoms with Crippen LogP contribution in [0.3, 0.4) is 0 Å². The lowest BCUT2D eigenvalue weighted by Crippen LogP contribution is -2.36. The molecule has 0 fully saturated rings. The van der Waals surface area contributed by atoms with E-state index in [2.05, 4.69) is 73.1 Å². The number of rotatable bonds is 1. The predicted molar refractivity (Wildman–Crippen MR) is 72.0 cm³/mol. The van der Waals surface area contributed by atoms with Crippen LogP contribution in [0.5, 0.6) is 0 Å². The topological polar surface area (TPSA) is 3.88 Å². The summed E-state index contributed by atoms with van der Waals surface area (Å²) in [6.45, 7) is 4.45. The van der Waals surface area contributed by atoms with E-state index in [1.54, 1.807) is 0 Å². The Labute approximate surface area is 101 Å². The molecular formula is C16H16N+. The van der Waals surface area contributed by atoms with E-state index >= 15 is 0 Å². The molecule has 2 aromatic carbocycles. The Bertz CT molecular complexity index is 683. The van der Waals surface area contributed by atoms with Crippen molar-refractivity contribution in [2.24, 2.45) is 0 Å². The second kappa shape index (κ2) is 3.85. The Balaban J connectivity index is 2.54. The first kappa shape index (κ1) is 10.3. The monoisotopic (exact) mass is 222 g/mol. The Hall–Kier alpha value is -1.89. The van der Waals surface area contributed by atoms with Crippen LogP contribution in [0.1, 0.15) is 19.9 Å². The molecule has 3 aromatic rings. The van der Waals surface area contributed by atoms with Crippen LogP contribution in [0.2, 0.25) is 0 Å². The molecule has 0 saturated carbocycles. The zero-order valence-corrected chi connectivity index (χ0v) is 10.2. The molecule has 0 unspecified atom stereocenters. The van der Waals surface area contributed by atoms with Gasteiger partial charge in [0.25, 0.3) is 0 Å². The summed E-state index contributed by atoms with van der Waals surface area (Å²) in [5, 5.41) is 3.94. The molecule has 0 aliphatic carbocycles. The maximum Gasteiger partial charge on any atom is 0.220 e. The molecule has 1 heteroatoms. The highest BCUT2D eigenvalue weighted by Crippen LogP contribution is 2.22. The molecule has 0 aliphatic rings. The molecule has 0 spiro atoms. The SMILES string of the molecule is CC(C)[n+]1cccc2ccc3ccccc3c21. The third kappa shape index (κ3) is 1.59. The second-order valence-corrected chi connectivity index (χ2v) is 4.73. The fourth-order valence-corrected chi connectivity index (χ4v) is 2.44. The predicted octanol–water partition coefficient (Wildman–Crippen LogP) is 3.86. The lowest BCUT2D eigenvalue weighted by atomic mass is 10.1. The zero-order chi connectivity index (χ0) is 11.8. The van der Waals surface area contributed by atoms with Gasteiger partial charge in [-0.05, 0) is 37.4 Å². The first-order chi connectivity index (χ1) is 8.27. The summed E-state index contributed by atoms with van der Waals surface area (Å²) in [5.74, 6) is 0. The van der Waals surface area contributed by atoms with Gasteiger partial charge in [0.05, 0.1) is 5.39 Å². The fraction of sp³-hybridized carbons (Fsp3) is 0.188. The quantitative estimate of drug-likeness (QED) is 0.435. The molecule has 0 bridgehead atoms. The van der Waals surface area contributed by atoms with Crippen molar-refractivity contribution < 1.29 is 4.57 Å². The maximum absolute atomic E-state index is 2.34. The van der Waals surface area contributed by atoms with Gasteiger partial charge in [0.1, 0.15) is 0 Å². The minimum atomic E-state index is 0.476. The number of hydrogen-bond acceptors (Lipinski definition) is 0. The molecule has 0 amide bonds. The average Bonchev–Trinajstić information content (AvgIpc) is 2.37. The molecule has 0 aliphatic heterocycles. The van der Waals surface area contributed by atoms with E-state index < -0.39 is 0 Å². The smallest absolute Gasteiger partial charge is 0.196 e. The van der Waals surface area contributed by atoms with Gasteiger partial charge in [0.15, 0.2) is 12.2 Å². The Morgan fingerprint density at radius 3 is 2.35 bits per heavy atom. The average molecular weight is 222 g/mol. The molecule has 1 heterocycles. The first-order valence-electron chi connectivity index (χ1n) is 6.09. The molecule has 84 valence electrons.